The van der Waals surface area contributed by atoms with Gasteiger partial charge in [-0.25, -0.2) is 4.98 Å². The van der Waals surface area contributed by atoms with Crippen molar-refractivity contribution in [3.8, 4) is 0 Å². The number of hydrogen-bond acceptors (Lipinski definition) is 2. The molecule has 0 saturated carbocycles. The first-order valence-electron chi connectivity index (χ1n) is 6.01. The maximum absolute atomic E-state index is 4.41. The normalized spacial score (nSPS) is 21.4. The molecule has 1 saturated heterocycles. The summed E-state index contributed by atoms with van der Waals surface area (Å²) in [7, 11) is 0. The first-order valence-corrected chi connectivity index (χ1v) is 6.01. The van der Waals surface area contributed by atoms with Gasteiger partial charge in [-0.05, 0) is 44.0 Å². The summed E-state index contributed by atoms with van der Waals surface area (Å²) in [5, 5.41) is 4.78. The highest BCUT2D eigenvalue weighted by atomic mass is 15.0. The third-order valence-corrected chi connectivity index (χ3v) is 3.31. The molecule has 0 radical (unpaired) electrons. The summed E-state index contributed by atoms with van der Waals surface area (Å²) >= 11 is 0. The molecule has 0 amide bonds. The summed E-state index contributed by atoms with van der Waals surface area (Å²) in [5.74, 6) is 0. The van der Waals surface area contributed by atoms with Gasteiger partial charge in [-0.2, -0.15) is 0 Å². The summed E-state index contributed by atoms with van der Waals surface area (Å²) in [5.41, 5.74) is 3.51. The van der Waals surface area contributed by atoms with Crippen molar-refractivity contribution < 1.29 is 0 Å². The van der Waals surface area contributed by atoms with E-state index in [0.717, 1.165) is 12.2 Å². The van der Waals surface area contributed by atoms with Crippen molar-refractivity contribution in [2.75, 3.05) is 6.54 Å². The van der Waals surface area contributed by atoms with Gasteiger partial charge in [-0.15, -0.1) is 0 Å². The van der Waals surface area contributed by atoms with Crippen LogP contribution in [0.15, 0.2) is 18.3 Å². The van der Waals surface area contributed by atoms with E-state index in [-0.39, 0.29) is 0 Å². The Hall–Kier alpha value is -1.35. The number of H-pyrrole nitrogens is 1. The van der Waals surface area contributed by atoms with Crippen molar-refractivity contribution in [3.05, 3.63) is 29.6 Å². The smallest absolute Gasteiger partial charge is 0.137 e. The predicted molar refractivity (Wildman–Crippen MR) is 65.4 cm³/mol. The summed E-state index contributed by atoms with van der Waals surface area (Å²) in [6.07, 6.45) is 5.76. The summed E-state index contributed by atoms with van der Waals surface area (Å²) in [6.45, 7) is 3.21. The van der Waals surface area contributed by atoms with Crippen LogP contribution < -0.4 is 5.32 Å². The molecule has 2 aromatic rings. The number of aromatic nitrogens is 2. The molecule has 1 unspecified atom stereocenters. The number of fused-ring (bicyclic) bond motifs is 1. The van der Waals surface area contributed by atoms with Crippen LogP contribution in [0.3, 0.4) is 0 Å². The van der Waals surface area contributed by atoms with Gasteiger partial charge in [0.1, 0.15) is 5.65 Å². The molecule has 1 aliphatic rings. The van der Waals surface area contributed by atoms with E-state index in [1.54, 1.807) is 0 Å². The van der Waals surface area contributed by atoms with E-state index in [1.807, 2.05) is 6.20 Å². The lowest BCUT2D eigenvalue weighted by molar-refractivity contribution is 0.407. The van der Waals surface area contributed by atoms with Crippen molar-refractivity contribution in [2.24, 2.45) is 0 Å². The molecule has 0 spiro atoms. The molecule has 0 bridgehead atoms. The Kier molecular flexibility index (Phi) is 2.40. The molecule has 3 rings (SSSR count). The van der Waals surface area contributed by atoms with Crippen LogP contribution in [0.5, 0.6) is 0 Å². The highest BCUT2D eigenvalue weighted by Gasteiger charge is 2.16. The molecule has 1 fully saturated rings. The van der Waals surface area contributed by atoms with Crippen molar-refractivity contribution >= 4 is 11.0 Å². The summed E-state index contributed by atoms with van der Waals surface area (Å²) < 4.78 is 0. The van der Waals surface area contributed by atoms with Crippen LogP contribution in [0.1, 0.15) is 36.6 Å². The van der Waals surface area contributed by atoms with Crippen LogP contribution in [0, 0.1) is 6.92 Å². The maximum atomic E-state index is 4.41. The van der Waals surface area contributed by atoms with E-state index in [2.05, 4.69) is 34.3 Å². The zero-order chi connectivity index (χ0) is 11.0. The molecular formula is C13H17N3. The monoisotopic (exact) mass is 215 g/mol. The summed E-state index contributed by atoms with van der Waals surface area (Å²) in [4.78, 5) is 7.83. The Morgan fingerprint density at radius 1 is 1.31 bits per heavy atom. The molecule has 0 aromatic carbocycles. The fourth-order valence-electron chi connectivity index (χ4n) is 2.45. The third-order valence-electron chi connectivity index (χ3n) is 3.31. The minimum absolute atomic E-state index is 0.489. The second-order valence-electron chi connectivity index (χ2n) is 4.68. The predicted octanol–water partition coefficient (Wildman–Crippen LogP) is 2.69. The van der Waals surface area contributed by atoms with Crippen molar-refractivity contribution in [2.45, 2.75) is 32.2 Å². The number of aryl methyl sites for hydroxylation is 1. The molecule has 3 heteroatoms. The minimum atomic E-state index is 0.489. The quantitative estimate of drug-likeness (QED) is 0.768. The standard InChI is InChI=1S/C13H17N3/c1-9-6-10-7-12(16-13(10)15-8-9)11-4-2-3-5-14-11/h6-8,11,14H,2-5H2,1H3,(H,15,16). The first-order chi connectivity index (χ1) is 7.83. The Labute approximate surface area is 95.3 Å². The molecule has 16 heavy (non-hydrogen) atoms. The maximum Gasteiger partial charge on any atom is 0.137 e. The van der Waals surface area contributed by atoms with E-state index in [0.29, 0.717) is 6.04 Å². The lowest BCUT2D eigenvalue weighted by atomic mass is 10.0. The van der Waals surface area contributed by atoms with Gasteiger partial charge in [0, 0.05) is 23.3 Å². The molecule has 2 aromatic heterocycles. The van der Waals surface area contributed by atoms with Gasteiger partial charge in [0.05, 0.1) is 0 Å². The highest BCUT2D eigenvalue weighted by Crippen LogP contribution is 2.25. The molecule has 2 N–H and O–H groups in total. The topological polar surface area (TPSA) is 40.7 Å². The van der Waals surface area contributed by atoms with Crippen LogP contribution >= 0.6 is 0 Å². The molecule has 1 atom stereocenters. The van der Waals surface area contributed by atoms with Gasteiger partial charge in [-0.3, -0.25) is 0 Å². The number of aromatic amines is 1. The number of rotatable bonds is 1. The lowest BCUT2D eigenvalue weighted by Crippen LogP contribution is -2.26. The van der Waals surface area contributed by atoms with E-state index in [9.17, 15) is 0 Å². The fraction of sp³-hybridized carbons (Fsp3) is 0.462. The van der Waals surface area contributed by atoms with Crippen molar-refractivity contribution in [1.82, 2.24) is 15.3 Å². The number of piperidine rings is 1. The van der Waals surface area contributed by atoms with Gasteiger partial charge < -0.3 is 10.3 Å². The Bertz CT molecular complexity index is 495. The van der Waals surface area contributed by atoms with Crippen molar-refractivity contribution in [3.63, 3.8) is 0 Å². The highest BCUT2D eigenvalue weighted by molar-refractivity contribution is 5.77. The van der Waals surface area contributed by atoms with Gasteiger partial charge in [-0.1, -0.05) is 6.42 Å². The zero-order valence-corrected chi connectivity index (χ0v) is 9.59. The van der Waals surface area contributed by atoms with E-state index in [4.69, 9.17) is 0 Å². The SMILES string of the molecule is Cc1cnc2[nH]c(C3CCCCN3)cc2c1. The molecule has 3 heterocycles. The average molecular weight is 215 g/mol. The molecular weight excluding hydrogens is 198 g/mol. The van der Waals surface area contributed by atoms with Gasteiger partial charge >= 0.3 is 0 Å². The van der Waals surface area contributed by atoms with Crippen LogP contribution in [0.2, 0.25) is 0 Å². The number of pyridine rings is 1. The van der Waals surface area contributed by atoms with Crippen LogP contribution in [-0.2, 0) is 0 Å². The van der Waals surface area contributed by atoms with E-state index < -0.39 is 0 Å². The Morgan fingerprint density at radius 3 is 3.06 bits per heavy atom. The second kappa shape index (κ2) is 3.91. The number of hydrogen-bond donors (Lipinski definition) is 2. The first kappa shape index (κ1) is 9.85. The van der Waals surface area contributed by atoms with Gasteiger partial charge in [0.25, 0.3) is 0 Å². The largest absolute Gasteiger partial charge is 0.342 e. The Morgan fingerprint density at radius 2 is 2.25 bits per heavy atom. The van der Waals surface area contributed by atoms with Crippen LogP contribution in [-0.4, -0.2) is 16.5 Å². The number of nitrogens with one attached hydrogen (secondary N) is 2. The van der Waals surface area contributed by atoms with Crippen LogP contribution in [0.4, 0.5) is 0 Å². The molecule has 84 valence electrons. The van der Waals surface area contributed by atoms with Crippen molar-refractivity contribution in [1.29, 1.82) is 0 Å². The lowest BCUT2D eigenvalue weighted by Gasteiger charge is -2.22. The molecule has 3 nitrogen and oxygen atoms in total. The number of nitrogens with zero attached hydrogens (tertiary/aromatic N) is 1. The van der Waals surface area contributed by atoms with Gasteiger partial charge in [0.2, 0.25) is 0 Å². The molecule has 0 aliphatic carbocycles. The minimum Gasteiger partial charge on any atom is -0.342 e. The average Bonchev–Trinajstić information content (AvgIpc) is 2.73. The van der Waals surface area contributed by atoms with E-state index >= 15 is 0 Å². The van der Waals surface area contributed by atoms with Crippen LogP contribution in [0.25, 0.3) is 11.0 Å². The third kappa shape index (κ3) is 1.71. The molecule has 1 aliphatic heterocycles. The second-order valence-corrected chi connectivity index (χ2v) is 4.68. The fourth-order valence-corrected chi connectivity index (χ4v) is 2.45. The van der Waals surface area contributed by atoms with Gasteiger partial charge in [0.15, 0.2) is 0 Å². The summed E-state index contributed by atoms with van der Waals surface area (Å²) in [6, 6.07) is 4.91. The Balaban J connectivity index is 1.97. The zero-order valence-electron chi connectivity index (χ0n) is 9.59. The van der Waals surface area contributed by atoms with E-state index in [1.165, 1.54) is 35.9 Å².